The van der Waals surface area contributed by atoms with Crippen molar-refractivity contribution in [2.45, 2.75) is 6.54 Å². The molecule has 2 rings (SSSR count). The van der Waals surface area contributed by atoms with Crippen molar-refractivity contribution < 1.29 is 18.7 Å². The first kappa shape index (κ1) is 17.2. The van der Waals surface area contributed by atoms with E-state index in [0.717, 1.165) is 11.6 Å². The monoisotopic (exact) mass is 340 g/mol. The van der Waals surface area contributed by atoms with E-state index >= 15 is 0 Å². The van der Waals surface area contributed by atoms with Crippen LogP contribution in [0.25, 0.3) is 0 Å². The average Bonchev–Trinajstić information content (AvgIpc) is 2.51. The summed E-state index contributed by atoms with van der Waals surface area (Å²) in [6.07, 6.45) is 0. The Morgan fingerprint density at radius 3 is 2.52 bits per heavy atom. The molecule has 0 atom stereocenters. The number of amides is 2. The number of rotatable bonds is 5. The Balaban J connectivity index is 2.15. The van der Waals surface area contributed by atoms with Crippen LogP contribution in [0.4, 0.5) is 19.3 Å². The van der Waals surface area contributed by atoms with E-state index in [1.54, 1.807) is 0 Å². The molecule has 0 heterocycles. The molecular formula is C16H15ClF2N2O2. The van der Waals surface area contributed by atoms with E-state index in [1.807, 2.05) is 30.3 Å². The van der Waals surface area contributed by atoms with Crippen molar-refractivity contribution in [1.82, 2.24) is 4.90 Å². The highest BCUT2D eigenvalue weighted by Crippen LogP contribution is 2.26. The van der Waals surface area contributed by atoms with Crippen molar-refractivity contribution in [3.63, 3.8) is 0 Å². The van der Waals surface area contributed by atoms with Crippen LogP contribution in [0.2, 0.25) is 5.02 Å². The third-order valence-electron chi connectivity index (χ3n) is 3.11. The summed E-state index contributed by atoms with van der Waals surface area (Å²) in [5.74, 6) is -1.80. The predicted octanol–water partition coefficient (Wildman–Crippen LogP) is 3.64. The quantitative estimate of drug-likeness (QED) is 0.873. The maximum Gasteiger partial charge on any atom is 0.322 e. The van der Waals surface area contributed by atoms with Gasteiger partial charge in [0, 0.05) is 19.2 Å². The maximum absolute atomic E-state index is 13.7. The summed E-state index contributed by atoms with van der Waals surface area (Å²) in [5.41, 5.74) is 0.552. The molecule has 0 saturated carbocycles. The van der Waals surface area contributed by atoms with Crippen molar-refractivity contribution >= 4 is 23.3 Å². The van der Waals surface area contributed by atoms with Gasteiger partial charge in [-0.2, -0.15) is 0 Å². The first-order valence-corrected chi connectivity index (χ1v) is 7.24. The van der Waals surface area contributed by atoms with Crippen LogP contribution in [0.15, 0.2) is 42.5 Å². The minimum atomic E-state index is -0.966. The van der Waals surface area contributed by atoms with Gasteiger partial charge in [0.05, 0.1) is 17.3 Å². The molecule has 122 valence electrons. The second-order valence-corrected chi connectivity index (χ2v) is 5.21. The Bertz CT molecular complexity index is 660. The lowest BCUT2D eigenvalue weighted by atomic mass is 10.2. The summed E-state index contributed by atoms with van der Waals surface area (Å²) in [5, 5.41) is 11.2. The van der Waals surface area contributed by atoms with E-state index in [2.05, 4.69) is 5.32 Å². The fourth-order valence-electron chi connectivity index (χ4n) is 2.02. The van der Waals surface area contributed by atoms with Crippen LogP contribution in [0, 0.1) is 11.6 Å². The molecule has 2 aromatic carbocycles. The maximum atomic E-state index is 13.7. The smallest absolute Gasteiger partial charge is 0.322 e. The number of anilines is 1. The molecule has 0 fully saturated rings. The number of carbonyl (C=O) groups excluding carboxylic acids is 1. The van der Waals surface area contributed by atoms with Gasteiger partial charge in [-0.15, -0.1) is 0 Å². The number of benzene rings is 2. The number of urea groups is 1. The molecule has 0 aliphatic rings. The molecule has 0 aromatic heterocycles. The predicted molar refractivity (Wildman–Crippen MR) is 84.3 cm³/mol. The molecule has 0 bridgehead atoms. The van der Waals surface area contributed by atoms with Gasteiger partial charge in [-0.25, -0.2) is 13.6 Å². The fourth-order valence-corrected chi connectivity index (χ4v) is 2.27. The number of hydrogen-bond acceptors (Lipinski definition) is 2. The van der Waals surface area contributed by atoms with Gasteiger partial charge in [-0.1, -0.05) is 41.9 Å². The fraction of sp³-hybridized carbons (Fsp3) is 0.188. The van der Waals surface area contributed by atoms with E-state index in [9.17, 15) is 13.6 Å². The number of nitrogens with one attached hydrogen (secondary N) is 1. The van der Waals surface area contributed by atoms with Crippen molar-refractivity contribution in [1.29, 1.82) is 0 Å². The first-order chi connectivity index (χ1) is 11.0. The summed E-state index contributed by atoms with van der Waals surface area (Å²) in [6.45, 7) is 0.0364. The molecule has 2 aromatic rings. The molecule has 0 saturated heterocycles. The zero-order valence-corrected chi connectivity index (χ0v) is 12.9. The van der Waals surface area contributed by atoms with E-state index in [0.29, 0.717) is 6.07 Å². The van der Waals surface area contributed by atoms with Crippen molar-refractivity contribution in [3.8, 4) is 0 Å². The molecule has 0 unspecified atom stereocenters. The van der Waals surface area contributed by atoms with Crippen LogP contribution >= 0.6 is 11.6 Å². The molecule has 23 heavy (non-hydrogen) atoms. The Labute approximate surface area is 137 Å². The van der Waals surface area contributed by atoms with Crippen LogP contribution < -0.4 is 5.32 Å². The lowest BCUT2D eigenvalue weighted by Gasteiger charge is -2.23. The number of aliphatic hydroxyl groups is 1. The highest BCUT2D eigenvalue weighted by molar-refractivity contribution is 6.33. The second kappa shape index (κ2) is 7.89. The highest BCUT2D eigenvalue weighted by Gasteiger charge is 2.18. The molecular weight excluding hydrogens is 326 g/mol. The SMILES string of the molecule is O=C(Nc1c(F)cc(F)cc1Cl)N(CCO)Cc1ccccc1. The molecule has 7 heteroatoms. The number of nitrogens with zero attached hydrogens (tertiary/aromatic N) is 1. The van der Waals surface area contributed by atoms with Crippen LogP contribution in [0.3, 0.4) is 0 Å². The summed E-state index contributed by atoms with van der Waals surface area (Å²) in [4.78, 5) is 13.6. The molecule has 2 amide bonds. The van der Waals surface area contributed by atoms with Crippen LogP contribution in [0.1, 0.15) is 5.56 Å². The van der Waals surface area contributed by atoms with E-state index in [4.69, 9.17) is 16.7 Å². The zero-order chi connectivity index (χ0) is 16.8. The number of carbonyl (C=O) groups is 1. The van der Waals surface area contributed by atoms with E-state index in [1.165, 1.54) is 4.90 Å². The minimum Gasteiger partial charge on any atom is -0.395 e. The number of halogens is 3. The normalized spacial score (nSPS) is 10.4. The largest absolute Gasteiger partial charge is 0.395 e. The van der Waals surface area contributed by atoms with Gasteiger partial charge < -0.3 is 15.3 Å². The molecule has 2 N–H and O–H groups in total. The average molecular weight is 341 g/mol. The Kier molecular flexibility index (Phi) is 5.90. The standard InChI is InChI=1S/C16H15ClF2N2O2/c17-13-8-12(18)9-14(19)15(13)20-16(23)21(6-7-22)10-11-4-2-1-3-5-11/h1-5,8-9,22H,6-7,10H2,(H,20,23). The first-order valence-electron chi connectivity index (χ1n) is 6.86. The van der Waals surface area contributed by atoms with Gasteiger partial charge in [-0.3, -0.25) is 0 Å². The number of aliphatic hydroxyl groups excluding tert-OH is 1. The summed E-state index contributed by atoms with van der Waals surface area (Å²) in [7, 11) is 0. The number of hydrogen-bond donors (Lipinski definition) is 2. The van der Waals surface area contributed by atoms with Gasteiger partial charge in [0.2, 0.25) is 0 Å². The molecule has 0 radical (unpaired) electrons. The third-order valence-corrected chi connectivity index (χ3v) is 3.41. The molecule has 0 aliphatic carbocycles. The summed E-state index contributed by atoms with van der Waals surface area (Å²) < 4.78 is 26.8. The van der Waals surface area contributed by atoms with Crippen molar-refractivity contribution in [2.75, 3.05) is 18.5 Å². The third kappa shape index (κ3) is 4.64. The van der Waals surface area contributed by atoms with Gasteiger partial charge in [0.25, 0.3) is 0 Å². The lowest BCUT2D eigenvalue weighted by Crippen LogP contribution is -2.36. The highest BCUT2D eigenvalue weighted by atomic mass is 35.5. The zero-order valence-electron chi connectivity index (χ0n) is 12.1. The second-order valence-electron chi connectivity index (χ2n) is 4.81. The Morgan fingerprint density at radius 1 is 1.22 bits per heavy atom. The van der Waals surface area contributed by atoms with Crippen LogP contribution in [-0.4, -0.2) is 29.2 Å². The van der Waals surface area contributed by atoms with E-state index in [-0.39, 0.29) is 30.4 Å². The van der Waals surface area contributed by atoms with Crippen LogP contribution in [0.5, 0.6) is 0 Å². The van der Waals surface area contributed by atoms with Gasteiger partial charge in [-0.05, 0) is 11.6 Å². The minimum absolute atomic E-state index is 0.0567. The van der Waals surface area contributed by atoms with Gasteiger partial charge in [0.15, 0.2) is 5.82 Å². The summed E-state index contributed by atoms with van der Waals surface area (Å²) >= 11 is 5.76. The van der Waals surface area contributed by atoms with Gasteiger partial charge >= 0.3 is 6.03 Å². The van der Waals surface area contributed by atoms with Crippen molar-refractivity contribution in [2.24, 2.45) is 0 Å². The molecule has 0 aliphatic heterocycles. The molecule has 4 nitrogen and oxygen atoms in total. The summed E-state index contributed by atoms with van der Waals surface area (Å²) in [6, 6.07) is 10.0. The van der Waals surface area contributed by atoms with Crippen molar-refractivity contribution in [3.05, 3.63) is 64.7 Å². The Morgan fingerprint density at radius 2 is 1.91 bits per heavy atom. The lowest BCUT2D eigenvalue weighted by molar-refractivity contribution is 0.185. The topological polar surface area (TPSA) is 52.6 Å². The van der Waals surface area contributed by atoms with E-state index < -0.39 is 17.7 Å². The van der Waals surface area contributed by atoms with Crippen LogP contribution in [-0.2, 0) is 6.54 Å². The molecule has 0 spiro atoms. The Hall–Kier alpha value is -2.18. The van der Waals surface area contributed by atoms with Gasteiger partial charge in [0.1, 0.15) is 5.82 Å².